The molecule has 0 saturated carbocycles. The van der Waals surface area contributed by atoms with Crippen molar-refractivity contribution in [3.05, 3.63) is 52.0 Å². The van der Waals surface area contributed by atoms with Gasteiger partial charge in [-0.15, -0.1) is 11.3 Å². The monoisotopic (exact) mass is 274 g/mol. The maximum atomic E-state index is 4.25. The molecule has 2 aromatic rings. The largest absolute Gasteiger partial charge is 0.310 e. The van der Waals surface area contributed by atoms with Crippen molar-refractivity contribution in [3.63, 3.8) is 0 Å². The van der Waals surface area contributed by atoms with E-state index in [0.717, 1.165) is 25.8 Å². The van der Waals surface area contributed by atoms with Gasteiger partial charge in [-0.3, -0.25) is 4.98 Å². The van der Waals surface area contributed by atoms with Crippen LogP contribution in [-0.4, -0.2) is 11.5 Å². The van der Waals surface area contributed by atoms with E-state index in [1.807, 2.05) is 23.7 Å². The van der Waals surface area contributed by atoms with Gasteiger partial charge in [-0.1, -0.05) is 19.9 Å². The number of hydrogen-bond acceptors (Lipinski definition) is 3. The molecule has 0 aliphatic rings. The summed E-state index contributed by atoms with van der Waals surface area (Å²) >= 11 is 1.84. The summed E-state index contributed by atoms with van der Waals surface area (Å²) in [6.45, 7) is 5.46. The van der Waals surface area contributed by atoms with Crippen molar-refractivity contribution in [2.75, 3.05) is 6.54 Å². The number of aryl methyl sites for hydroxylation is 1. The van der Waals surface area contributed by atoms with E-state index in [4.69, 9.17) is 0 Å². The van der Waals surface area contributed by atoms with E-state index in [1.54, 1.807) is 0 Å². The molecule has 2 nitrogen and oxygen atoms in total. The zero-order valence-electron chi connectivity index (χ0n) is 11.7. The Morgan fingerprint density at radius 3 is 2.89 bits per heavy atom. The minimum Gasteiger partial charge on any atom is -0.310 e. The van der Waals surface area contributed by atoms with Gasteiger partial charge in [0.1, 0.15) is 0 Å². The van der Waals surface area contributed by atoms with Crippen LogP contribution >= 0.6 is 11.3 Å². The topological polar surface area (TPSA) is 24.9 Å². The molecule has 2 heterocycles. The number of aromatic nitrogens is 1. The average Bonchev–Trinajstić information content (AvgIpc) is 2.96. The Morgan fingerprint density at radius 1 is 1.32 bits per heavy atom. The van der Waals surface area contributed by atoms with Crippen LogP contribution in [0.5, 0.6) is 0 Å². The molecule has 1 unspecified atom stereocenters. The third-order valence-electron chi connectivity index (χ3n) is 3.32. The lowest BCUT2D eigenvalue weighted by molar-refractivity contribution is 0.528. The molecule has 1 N–H and O–H groups in total. The molecular formula is C16H22N2S. The normalized spacial score (nSPS) is 12.5. The number of pyridine rings is 1. The zero-order valence-corrected chi connectivity index (χ0v) is 12.5. The molecule has 2 aromatic heterocycles. The summed E-state index contributed by atoms with van der Waals surface area (Å²) in [6, 6.07) is 6.92. The number of nitrogens with zero attached hydrogens (tertiary/aromatic N) is 1. The van der Waals surface area contributed by atoms with E-state index < -0.39 is 0 Å². The van der Waals surface area contributed by atoms with Crippen LogP contribution in [-0.2, 0) is 12.8 Å². The zero-order chi connectivity index (χ0) is 13.5. The van der Waals surface area contributed by atoms with Crippen molar-refractivity contribution in [3.8, 4) is 0 Å². The first-order valence-corrected chi connectivity index (χ1v) is 7.91. The van der Waals surface area contributed by atoms with E-state index in [9.17, 15) is 0 Å². The summed E-state index contributed by atoms with van der Waals surface area (Å²) in [5.74, 6) is 0. The number of rotatable bonds is 7. The molecule has 0 radical (unpaired) electrons. The van der Waals surface area contributed by atoms with Crippen molar-refractivity contribution < 1.29 is 0 Å². The van der Waals surface area contributed by atoms with Crippen LogP contribution < -0.4 is 5.32 Å². The maximum Gasteiger partial charge on any atom is 0.0372 e. The van der Waals surface area contributed by atoms with Crippen molar-refractivity contribution in [2.24, 2.45) is 0 Å². The first kappa shape index (κ1) is 14.2. The summed E-state index contributed by atoms with van der Waals surface area (Å²) in [6.07, 6.45) is 7.17. The Bertz CT molecular complexity index is 479. The van der Waals surface area contributed by atoms with E-state index in [0.29, 0.717) is 6.04 Å². The number of hydrogen-bond donors (Lipinski definition) is 1. The highest BCUT2D eigenvalue weighted by Gasteiger charge is 2.15. The van der Waals surface area contributed by atoms with E-state index in [2.05, 4.69) is 47.7 Å². The highest BCUT2D eigenvalue weighted by molar-refractivity contribution is 7.09. The molecule has 0 aromatic carbocycles. The van der Waals surface area contributed by atoms with E-state index in [1.165, 1.54) is 16.0 Å². The molecule has 0 aliphatic carbocycles. The second-order valence-corrected chi connectivity index (χ2v) is 5.75. The SMILES string of the molecule is CCCNC(Cc1cccs1)c1ccncc1CC. The molecule has 19 heavy (non-hydrogen) atoms. The Morgan fingerprint density at radius 2 is 2.21 bits per heavy atom. The highest BCUT2D eigenvalue weighted by atomic mass is 32.1. The van der Waals surface area contributed by atoms with Gasteiger partial charge in [0.2, 0.25) is 0 Å². The van der Waals surface area contributed by atoms with Crippen LogP contribution in [0.4, 0.5) is 0 Å². The van der Waals surface area contributed by atoms with Crippen molar-refractivity contribution >= 4 is 11.3 Å². The summed E-state index contributed by atoms with van der Waals surface area (Å²) < 4.78 is 0. The van der Waals surface area contributed by atoms with Gasteiger partial charge in [0.15, 0.2) is 0 Å². The van der Waals surface area contributed by atoms with Crippen LogP contribution in [0.15, 0.2) is 36.0 Å². The summed E-state index contributed by atoms with van der Waals surface area (Å²) in [7, 11) is 0. The maximum absolute atomic E-state index is 4.25. The average molecular weight is 274 g/mol. The molecule has 2 rings (SSSR count). The lowest BCUT2D eigenvalue weighted by atomic mass is 9.97. The van der Waals surface area contributed by atoms with Gasteiger partial charge in [-0.2, -0.15) is 0 Å². The molecule has 3 heteroatoms. The second kappa shape index (κ2) is 7.41. The fraction of sp³-hybridized carbons (Fsp3) is 0.438. The molecule has 0 aliphatic heterocycles. The molecule has 0 fully saturated rings. The molecule has 0 bridgehead atoms. The van der Waals surface area contributed by atoms with Crippen LogP contribution in [0.2, 0.25) is 0 Å². The van der Waals surface area contributed by atoms with E-state index in [-0.39, 0.29) is 0 Å². The quantitative estimate of drug-likeness (QED) is 0.826. The minimum atomic E-state index is 0.400. The van der Waals surface area contributed by atoms with Gasteiger partial charge in [0.25, 0.3) is 0 Å². The molecule has 0 saturated heterocycles. The third kappa shape index (κ3) is 3.88. The summed E-state index contributed by atoms with van der Waals surface area (Å²) in [5, 5.41) is 5.83. The molecular weight excluding hydrogens is 252 g/mol. The number of nitrogens with one attached hydrogen (secondary N) is 1. The van der Waals surface area contributed by atoms with Crippen LogP contribution in [0.25, 0.3) is 0 Å². The van der Waals surface area contributed by atoms with Crippen LogP contribution in [0.3, 0.4) is 0 Å². The highest BCUT2D eigenvalue weighted by Crippen LogP contribution is 2.24. The fourth-order valence-electron chi connectivity index (χ4n) is 2.31. The van der Waals surface area contributed by atoms with Crippen molar-refractivity contribution in [2.45, 2.75) is 39.2 Å². The van der Waals surface area contributed by atoms with Gasteiger partial charge in [-0.05, 0) is 48.0 Å². The van der Waals surface area contributed by atoms with Gasteiger partial charge in [0.05, 0.1) is 0 Å². The molecule has 0 amide bonds. The van der Waals surface area contributed by atoms with Gasteiger partial charge in [0, 0.05) is 29.7 Å². The van der Waals surface area contributed by atoms with Crippen LogP contribution in [0, 0.1) is 0 Å². The Kier molecular flexibility index (Phi) is 5.55. The Hall–Kier alpha value is -1.19. The fourth-order valence-corrected chi connectivity index (χ4v) is 3.07. The smallest absolute Gasteiger partial charge is 0.0372 e. The Balaban J connectivity index is 2.20. The standard InChI is InChI=1S/C16H22N2S/c1-3-8-18-16(11-14-6-5-10-19-14)15-7-9-17-12-13(15)4-2/h5-7,9-10,12,16,18H,3-4,8,11H2,1-2H3. The van der Waals surface area contributed by atoms with Gasteiger partial charge >= 0.3 is 0 Å². The predicted molar refractivity (Wildman–Crippen MR) is 82.7 cm³/mol. The van der Waals surface area contributed by atoms with Gasteiger partial charge in [-0.25, -0.2) is 0 Å². The van der Waals surface area contributed by atoms with Gasteiger partial charge < -0.3 is 5.32 Å². The van der Waals surface area contributed by atoms with Crippen molar-refractivity contribution in [1.82, 2.24) is 10.3 Å². The Labute approximate surface area is 119 Å². The first-order valence-electron chi connectivity index (χ1n) is 7.03. The van der Waals surface area contributed by atoms with Crippen LogP contribution in [0.1, 0.15) is 42.3 Å². The van der Waals surface area contributed by atoms with E-state index >= 15 is 0 Å². The number of thiophene rings is 1. The molecule has 1 atom stereocenters. The molecule has 0 spiro atoms. The lowest BCUT2D eigenvalue weighted by Crippen LogP contribution is -2.25. The second-order valence-electron chi connectivity index (χ2n) is 4.72. The third-order valence-corrected chi connectivity index (χ3v) is 4.22. The summed E-state index contributed by atoms with van der Waals surface area (Å²) in [4.78, 5) is 5.69. The lowest BCUT2D eigenvalue weighted by Gasteiger charge is -2.21. The molecule has 102 valence electrons. The van der Waals surface area contributed by atoms with Crippen molar-refractivity contribution in [1.29, 1.82) is 0 Å². The first-order chi connectivity index (χ1) is 9.35. The minimum absolute atomic E-state index is 0.400. The predicted octanol–water partition coefficient (Wildman–Crippen LogP) is 3.99. The summed E-state index contributed by atoms with van der Waals surface area (Å²) in [5.41, 5.74) is 2.76.